The highest BCUT2D eigenvalue weighted by Gasteiger charge is 2.26. The highest BCUT2D eigenvalue weighted by Crippen LogP contribution is 2.37. The Hall–Kier alpha value is -3.73. The molecule has 4 aromatic rings. The van der Waals surface area contributed by atoms with Crippen molar-refractivity contribution in [3.63, 3.8) is 0 Å². The first-order chi connectivity index (χ1) is 15.8. The number of fused-ring (bicyclic) bond motifs is 5. The summed E-state index contributed by atoms with van der Waals surface area (Å²) >= 11 is 0. The molecule has 0 saturated heterocycles. The highest BCUT2D eigenvalue weighted by atomic mass is 16.5. The monoisotopic (exact) mass is 425 g/mol. The molecule has 1 aliphatic heterocycles. The zero-order valence-electron chi connectivity index (χ0n) is 17.7. The maximum absolute atomic E-state index is 12.5. The molecule has 1 aliphatic carbocycles. The van der Waals surface area contributed by atoms with E-state index in [0.29, 0.717) is 25.5 Å². The van der Waals surface area contributed by atoms with Crippen LogP contribution in [0.1, 0.15) is 28.7 Å². The molecule has 3 aromatic carbocycles. The Morgan fingerprint density at radius 2 is 1.69 bits per heavy atom. The normalized spacial score (nSPS) is 14.7. The second kappa shape index (κ2) is 7.75. The van der Waals surface area contributed by atoms with E-state index < -0.39 is 0 Å². The lowest BCUT2D eigenvalue weighted by atomic mass is 10.0. The third-order valence-electron chi connectivity index (χ3n) is 6.38. The standard InChI is InChI=1S/C27H23NO4/c29-27-23-8-4-7-21(23)22-13-14-25-24(26(22)32-27)15-28(17-31-25)19-9-11-20(12-10-19)30-16-18-5-2-1-3-6-18/h1-3,5-6,9-14H,4,7-8,15-17H2. The van der Waals surface area contributed by atoms with Gasteiger partial charge in [-0.15, -0.1) is 0 Å². The van der Waals surface area contributed by atoms with Crippen molar-refractivity contribution >= 4 is 16.7 Å². The van der Waals surface area contributed by atoms with E-state index in [2.05, 4.69) is 17.0 Å². The molecule has 5 heteroatoms. The fourth-order valence-electron chi connectivity index (χ4n) is 4.71. The smallest absolute Gasteiger partial charge is 0.339 e. The average molecular weight is 425 g/mol. The molecule has 1 aromatic heterocycles. The summed E-state index contributed by atoms with van der Waals surface area (Å²) in [5.74, 6) is 1.61. The Labute approximate surface area is 185 Å². The van der Waals surface area contributed by atoms with Gasteiger partial charge < -0.3 is 18.8 Å². The van der Waals surface area contributed by atoms with Crippen molar-refractivity contribution in [2.75, 3.05) is 11.6 Å². The molecule has 0 bridgehead atoms. The minimum Gasteiger partial charge on any atom is -0.489 e. The molecule has 5 nitrogen and oxygen atoms in total. The van der Waals surface area contributed by atoms with Crippen molar-refractivity contribution < 1.29 is 13.9 Å². The SMILES string of the molecule is O=c1oc2c3c(ccc2c2c1CCC2)OCN(c1ccc(OCc2ccccc2)cc1)C3. The Kier molecular flexibility index (Phi) is 4.60. The topological polar surface area (TPSA) is 51.9 Å². The van der Waals surface area contributed by atoms with E-state index in [0.717, 1.165) is 64.1 Å². The molecular weight excluding hydrogens is 402 g/mol. The van der Waals surface area contributed by atoms with E-state index in [1.54, 1.807) is 0 Å². The Morgan fingerprint density at radius 3 is 2.53 bits per heavy atom. The van der Waals surface area contributed by atoms with Gasteiger partial charge >= 0.3 is 5.63 Å². The number of ether oxygens (including phenoxy) is 2. The van der Waals surface area contributed by atoms with Gasteiger partial charge in [0.15, 0.2) is 6.73 Å². The molecule has 2 aliphatic rings. The number of nitrogens with zero attached hydrogens (tertiary/aromatic N) is 1. The van der Waals surface area contributed by atoms with Gasteiger partial charge in [0.1, 0.15) is 23.7 Å². The van der Waals surface area contributed by atoms with Crippen molar-refractivity contribution in [1.82, 2.24) is 0 Å². The van der Waals surface area contributed by atoms with Crippen molar-refractivity contribution in [3.05, 3.63) is 99.4 Å². The number of anilines is 1. The fraction of sp³-hybridized carbons (Fsp3) is 0.222. The molecule has 160 valence electrons. The average Bonchev–Trinajstić information content (AvgIpc) is 3.35. The van der Waals surface area contributed by atoms with Crippen LogP contribution in [0.4, 0.5) is 5.69 Å². The van der Waals surface area contributed by atoms with Crippen LogP contribution in [0, 0.1) is 0 Å². The molecule has 0 amide bonds. The van der Waals surface area contributed by atoms with E-state index in [1.165, 1.54) is 0 Å². The Morgan fingerprint density at radius 1 is 0.875 bits per heavy atom. The largest absolute Gasteiger partial charge is 0.489 e. The van der Waals surface area contributed by atoms with Gasteiger partial charge in [-0.05, 0) is 66.8 Å². The van der Waals surface area contributed by atoms with Crippen molar-refractivity contribution in [2.24, 2.45) is 0 Å². The second-order valence-electron chi connectivity index (χ2n) is 8.36. The van der Waals surface area contributed by atoms with Crippen molar-refractivity contribution in [1.29, 1.82) is 0 Å². The molecule has 0 spiro atoms. The summed E-state index contributed by atoms with van der Waals surface area (Å²) in [5.41, 5.74) is 5.56. The van der Waals surface area contributed by atoms with E-state index >= 15 is 0 Å². The molecule has 6 rings (SSSR count). The predicted octanol–water partition coefficient (Wildman–Crippen LogP) is 5.22. The third-order valence-corrected chi connectivity index (χ3v) is 6.38. The zero-order chi connectivity index (χ0) is 21.5. The van der Waals surface area contributed by atoms with E-state index in [4.69, 9.17) is 13.9 Å². The lowest BCUT2D eigenvalue weighted by molar-refractivity contribution is 0.288. The molecule has 0 saturated carbocycles. The molecule has 0 unspecified atom stereocenters. The highest BCUT2D eigenvalue weighted by molar-refractivity contribution is 5.87. The summed E-state index contributed by atoms with van der Waals surface area (Å²) in [6.07, 6.45) is 2.76. The Bertz CT molecular complexity index is 1340. The van der Waals surface area contributed by atoms with Crippen molar-refractivity contribution in [3.8, 4) is 11.5 Å². The number of aryl methyl sites for hydroxylation is 1. The van der Waals surface area contributed by atoms with Crippen LogP contribution in [-0.2, 0) is 26.0 Å². The molecular formula is C27H23NO4. The van der Waals surface area contributed by atoms with Gasteiger partial charge in [-0.3, -0.25) is 0 Å². The molecule has 0 N–H and O–H groups in total. The number of rotatable bonds is 4. The van der Waals surface area contributed by atoms with Crippen LogP contribution in [0.25, 0.3) is 11.0 Å². The summed E-state index contributed by atoms with van der Waals surface area (Å²) in [6.45, 7) is 1.60. The van der Waals surface area contributed by atoms with Gasteiger partial charge in [-0.2, -0.15) is 0 Å². The van der Waals surface area contributed by atoms with E-state index in [-0.39, 0.29) is 5.63 Å². The van der Waals surface area contributed by atoms with E-state index in [1.807, 2.05) is 54.6 Å². The first kappa shape index (κ1) is 19.0. The lowest BCUT2D eigenvalue weighted by Gasteiger charge is -2.31. The van der Waals surface area contributed by atoms with Crippen LogP contribution in [0.15, 0.2) is 75.9 Å². The third kappa shape index (κ3) is 3.30. The van der Waals surface area contributed by atoms with Gasteiger partial charge in [0.2, 0.25) is 0 Å². The minimum absolute atomic E-state index is 0.199. The summed E-state index contributed by atoms with van der Waals surface area (Å²) in [4.78, 5) is 14.7. The first-order valence-electron chi connectivity index (χ1n) is 11.0. The molecule has 2 heterocycles. The summed E-state index contributed by atoms with van der Waals surface area (Å²) in [7, 11) is 0. The zero-order valence-corrected chi connectivity index (χ0v) is 17.7. The van der Waals surface area contributed by atoms with Crippen LogP contribution in [-0.4, -0.2) is 6.73 Å². The predicted molar refractivity (Wildman–Crippen MR) is 123 cm³/mol. The second-order valence-corrected chi connectivity index (χ2v) is 8.36. The molecule has 0 atom stereocenters. The number of hydrogen-bond acceptors (Lipinski definition) is 5. The van der Waals surface area contributed by atoms with E-state index in [9.17, 15) is 4.79 Å². The molecule has 0 fully saturated rings. The summed E-state index contributed by atoms with van der Waals surface area (Å²) < 4.78 is 17.7. The number of benzene rings is 3. The quantitative estimate of drug-likeness (QED) is 0.420. The van der Waals surface area contributed by atoms with Crippen LogP contribution < -0.4 is 20.0 Å². The van der Waals surface area contributed by atoms with Gasteiger partial charge in [0.25, 0.3) is 0 Å². The first-order valence-corrected chi connectivity index (χ1v) is 11.0. The minimum atomic E-state index is -0.199. The van der Waals surface area contributed by atoms with Crippen molar-refractivity contribution in [2.45, 2.75) is 32.4 Å². The Balaban J connectivity index is 1.25. The van der Waals surface area contributed by atoms with Crippen LogP contribution in [0.5, 0.6) is 11.5 Å². The number of hydrogen-bond donors (Lipinski definition) is 0. The van der Waals surface area contributed by atoms with Crippen LogP contribution in [0.3, 0.4) is 0 Å². The summed E-state index contributed by atoms with van der Waals surface area (Å²) in [6, 6.07) is 22.2. The van der Waals surface area contributed by atoms with Crippen LogP contribution in [0.2, 0.25) is 0 Å². The summed E-state index contributed by atoms with van der Waals surface area (Å²) in [5, 5.41) is 1.05. The maximum atomic E-state index is 12.5. The van der Waals surface area contributed by atoms with Crippen LogP contribution >= 0.6 is 0 Å². The maximum Gasteiger partial charge on any atom is 0.339 e. The van der Waals surface area contributed by atoms with Gasteiger partial charge in [0, 0.05) is 16.6 Å². The molecule has 32 heavy (non-hydrogen) atoms. The molecule has 0 radical (unpaired) electrons. The fourth-order valence-corrected chi connectivity index (χ4v) is 4.71. The van der Waals surface area contributed by atoms with Gasteiger partial charge in [-0.1, -0.05) is 30.3 Å². The van der Waals surface area contributed by atoms with Gasteiger partial charge in [-0.25, -0.2) is 4.79 Å². The lowest BCUT2D eigenvalue weighted by Crippen LogP contribution is -2.32. The van der Waals surface area contributed by atoms with Gasteiger partial charge in [0.05, 0.1) is 12.1 Å².